The van der Waals surface area contributed by atoms with Gasteiger partial charge in [-0.15, -0.1) is 0 Å². The van der Waals surface area contributed by atoms with E-state index < -0.39 is 23.0 Å². The normalized spacial score (nSPS) is 11.1. The Labute approximate surface area is 169 Å². The molecule has 154 valence electrons. The Morgan fingerprint density at radius 1 is 1.17 bits per heavy atom. The molecule has 0 saturated carbocycles. The fourth-order valence-electron chi connectivity index (χ4n) is 3.19. The number of H-pyrrole nitrogens is 1. The zero-order chi connectivity index (χ0) is 21.4. The number of hydrogen-bond acceptors (Lipinski definition) is 4. The lowest BCUT2D eigenvalue weighted by atomic mass is 10.1. The summed E-state index contributed by atoms with van der Waals surface area (Å²) < 4.78 is 47.1. The third kappa shape index (κ3) is 3.61. The Morgan fingerprint density at radius 2 is 1.90 bits per heavy atom. The van der Waals surface area contributed by atoms with Gasteiger partial charge in [0.2, 0.25) is 11.7 Å². The molecule has 0 aliphatic heterocycles. The van der Waals surface area contributed by atoms with Crippen LogP contribution in [0.5, 0.6) is 5.75 Å². The van der Waals surface area contributed by atoms with E-state index in [4.69, 9.17) is 4.74 Å². The predicted molar refractivity (Wildman–Crippen MR) is 107 cm³/mol. The van der Waals surface area contributed by atoms with Crippen LogP contribution in [0.15, 0.2) is 47.5 Å². The van der Waals surface area contributed by atoms with Crippen molar-refractivity contribution in [3.05, 3.63) is 81.7 Å². The molecule has 0 spiro atoms. The number of nitrogens with one attached hydrogen (secondary N) is 2. The predicted octanol–water partition coefficient (Wildman–Crippen LogP) is 4.25. The molecule has 0 amide bonds. The van der Waals surface area contributed by atoms with Gasteiger partial charge < -0.3 is 19.6 Å². The van der Waals surface area contributed by atoms with Crippen molar-refractivity contribution < 1.29 is 17.9 Å². The average Bonchev–Trinajstić information content (AvgIpc) is 3.15. The Kier molecular flexibility index (Phi) is 4.94. The maximum atomic E-state index is 13.6. The molecule has 9 heteroatoms. The van der Waals surface area contributed by atoms with Gasteiger partial charge in [-0.3, -0.25) is 4.79 Å². The summed E-state index contributed by atoms with van der Waals surface area (Å²) in [6.07, 6.45) is 3.19. The van der Waals surface area contributed by atoms with E-state index in [1.54, 1.807) is 0 Å². The SMILES string of the molecule is COc1cn(Cc2cc(F)c(F)c(F)c2)c(Nc2cc3cc[nH]c3cc2C)nc1=O. The summed E-state index contributed by atoms with van der Waals surface area (Å²) in [6.45, 7) is 1.81. The lowest BCUT2D eigenvalue weighted by Crippen LogP contribution is -2.19. The largest absolute Gasteiger partial charge is 0.490 e. The molecule has 2 aromatic heterocycles. The number of benzene rings is 2. The van der Waals surface area contributed by atoms with Gasteiger partial charge in [0.25, 0.3) is 0 Å². The van der Waals surface area contributed by atoms with Crippen LogP contribution in [0.2, 0.25) is 0 Å². The van der Waals surface area contributed by atoms with Gasteiger partial charge in [0.15, 0.2) is 17.5 Å². The van der Waals surface area contributed by atoms with E-state index in [9.17, 15) is 18.0 Å². The molecule has 6 nitrogen and oxygen atoms in total. The van der Waals surface area contributed by atoms with Gasteiger partial charge in [0, 0.05) is 22.8 Å². The molecule has 2 aromatic carbocycles. The molecule has 0 aliphatic rings. The van der Waals surface area contributed by atoms with Crippen LogP contribution in [0.1, 0.15) is 11.1 Å². The van der Waals surface area contributed by atoms with Gasteiger partial charge in [-0.1, -0.05) is 0 Å². The second-order valence-electron chi connectivity index (χ2n) is 6.80. The first kappa shape index (κ1) is 19.6. The maximum absolute atomic E-state index is 13.6. The van der Waals surface area contributed by atoms with E-state index in [1.807, 2.05) is 31.3 Å². The third-order valence-corrected chi connectivity index (χ3v) is 4.72. The molecule has 4 aromatic rings. The lowest BCUT2D eigenvalue weighted by molar-refractivity contribution is 0.402. The highest BCUT2D eigenvalue weighted by Crippen LogP contribution is 2.26. The van der Waals surface area contributed by atoms with Gasteiger partial charge >= 0.3 is 5.56 Å². The standard InChI is InChI=1S/C21H17F3N4O2/c1-11-5-17-13(3-4-25-17)8-16(11)26-21-27-20(29)18(30-2)10-28(21)9-12-6-14(22)19(24)15(23)7-12/h3-8,10,25H,9H2,1-2H3,(H,26,27,29). The van der Waals surface area contributed by atoms with E-state index in [1.165, 1.54) is 17.9 Å². The molecule has 0 aliphatic carbocycles. The number of nitrogens with zero attached hydrogens (tertiary/aromatic N) is 2. The molecule has 0 radical (unpaired) electrons. The van der Waals surface area contributed by atoms with Crippen LogP contribution in [0.3, 0.4) is 0 Å². The molecule has 0 atom stereocenters. The molecule has 2 heterocycles. The number of anilines is 2. The molecule has 2 N–H and O–H groups in total. The lowest BCUT2D eigenvalue weighted by Gasteiger charge is -2.16. The van der Waals surface area contributed by atoms with Crippen molar-refractivity contribution in [2.45, 2.75) is 13.5 Å². The number of aryl methyl sites for hydroxylation is 1. The first-order valence-corrected chi connectivity index (χ1v) is 8.99. The molecule has 4 rings (SSSR count). The van der Waals surface area contributed by atoms with Crippen LogP contribution in [-0.2, 0) is 6.54 Å². The van der Waals surface area contributed by atoms with Crippen LogP contribution in [-0.4, -0.2) is 21.6 Å². The summed E-state index contributed by atoms with van der Waals surface area (Å²) in [4.78, 5) is 19.3. The Hall–Kier alpha value is -3.75. The fourth-order valence-corrected chi connectivity index (χ4v) is 3.19. The van der Waals surface area contributed by atoms with Crippen LogP contribution in [0.25, 0.3) is 10.9 Å². The second-order valence-corrected chi connectivity index (χ2v) is 6.80. The minimum Gasteiger partial charge on any atom is -0.490 e. The summed E-state index contributed by atoms with van der Waals surface area (Å²) in [6, 6.07) is 7.51. The zero-order valence-electron chi connectivity index (χ0n) is 16.1. The fraction of sp³-hybridized carbons (Fsp3) is 0.143. The van der Waals surface area contributed by atoms with E-state index in [2.05, 4.69) is 15.3 Å². The molecular formula is C21H17F3N4O2. The third-order valence-electron chi connectivity index (χ3n) is 4.72. The molecule has 0 bridgehead atoms. The topological polar surface area (TPSA) is 71.9 Å². The van der Waals surface area contributed by atoms with Crippen molar-refractivity contribution in [2.24, 2.45) is 0 Å². The van der Waals surface area contributed by atoms with Gasteiger partial charge in [-0.05, 0) is 48.4 Å². The highest BCUT2D eigenvalue weighted by atomic mass is 19.2. The van der Waals surface area contributed by atoms with Gasteiger partial charge in [-0.2, -0.15) is 4.98 Å². The molecule has 0 fully saturated rings. The van der Waals surface area contributed by atoms with E-state index >= 15 is 0 Å². The number of ether oxygens (including phenoxy) is 1. The Bertz CT molecular complexity index is 1290. The monoisotopic (exact) mass is 414 g/mol. The molecule has 0 saturated heterocycles. The van der Waals surface area contributed by atoms with Gasteiger partial charge in [-0.25, -0.2) is 13.2 Å². The second kappa shape index (κ2) is 7.58. The first-order chi connectivity index (χ1) is 14.4. The van der Waals surface area contributed by atoms with E-state index in [0.29, 0.717) is 5.69 Å². The van der Waals surface area contributed by atoms with Crippen molar-refractivity contribution in [2.75, 3.05) is 12.4 Å². The number of rotatable bonds is 5. The van der Waals surface area contributed by atoms with Crippen LogP contribution < -0.4 is 15.6 Å². The van der Waals surface area contributed by atoms with Gasteiger partial charge in [0.05, 0.1) is 19.9 Å². The number of fused-ring (bicyclic) bond motifs is 1. The number of methoxy groups -OCH3 is 1. The minimum atomic E-state index is -1.54. The molecule has 0 unspecified atom stereocenters. The molecular weight excluding hydrogens is 397 g/mol. The highest BCUT2D eigenvalue weighted by molar-refractivity contribution is 5.85. The summed E-state index contributed by atoms with van der Waals surface area (Å²) in [7, 11) is 1.32. The summed E-state index contributed by atoms with van der Waals surface area (Å²) in [5.74, 6) is -4.03. The van der Waals surface area contributed by atoms with E-state index in [0.717, 1.165) is 28.6 Å². The number of hydrogen-bond donors (Lipinski definition) is 2. The van der Waals surface area contributed by atoms with Crippen molar-refractivity contribution in [1.29, 1.82) is 0 Å². The summed E-state index contributed by atoms with van der Waals surface area (Å²) in [5, 5.41) is 4.05. The molecule has 30 heavy (non-hydrogen) atoms. The number of halogens is 3. The highest BCUT2D eigenvalue weighted by Gasteiger charge is 2.15. The smallest absolute Gasteiger partial charge is 0.316 e. The van der Waals surface area contributed by atoms with Crippen molar-refractivity contribution in [3.8, 4) is 5.75 Å². The van der Waals surface area contributed by atoms with Crippen LogP contribution in [0.4, 0.5) is 24.8 Å². The number of aromatic nitrogens is 3. The Balaban J connectivity index is 1.78. The van der Waals surface area contributed by atoms with Crippen molar-refractivity contribution in [1.82, 2.24) is 14.5 Å². The van der Waals surface area contributed by atoms with Crippen molar-refractivity contribution in [3.63, 3.8) is 0 Å². The Morgan fingerprint density at radius 3 is 2.60 bits per heavy atom. The minimum absolute atomic E-state index is 0.0404. The van der Waals surface area contributed by atoms with Crippen LogP contribution >= 0.6 is 0 Å². The van der Waals surface area contributed by atoms with Crippen molar-refractivity contribution >= 4 is 22.5 Å². The zero-order valence-corrected chi connectivity index (χ0v) is 16.1. The average molecular weight is 414 g/mol. The number of aromatic amines is 1. The van der Waals surface area contributed by atoms with Gasteiger partial charge in [0.1, 0.15) is 0 Å². The summed E-state index contributed by atoms with van der Waals surface area (Å²) >= 11 is 0. The first-order valence-electron chi connectivity index (χ1n) is 8.99. The quantitative estimate of drug-likeness (QED) is 0.479. The summed E-state index contributed by atoms with van der Waals surface area (Å²) in [5.41, 5.74) is 2.09. The maximum Gasteiger partial charge on any atom is 0.316 e. The van der Waals surface area contributed by atoms with E-state index in [-0.39, 0.29) is 23.8 Å². The van der Waals surface area contributed by atoms with Crippen LogP contribution in [0, 0.1) is 24.4 Å².